The molecular formula is C20H28N4O12. The Bertz CT molecular complexity index is 1270. The number of H-pyrrole nitrogens is 2. The van der Waals surface area contributed by atoms with Crippen LogP contribution in [0.4, 0.5) is 0 Å². The van der Waals surface area contributed by atoms with E-state index >= 15 is 0 Å². The zero-order valence-electron chi connectivity index (χ0n) is 19.3. The van der Waals surface area contributed by atoms with E-state index < -0.39 is 84.7 Å². The number of aromatic amines is 2. The van der Waals surface area contributed by atoms with Crippen LogP contribution in [0.5, 0.6) is 0 Å². The molecule has 0 aromatic carbocycles. The van der Waals surface area contributed by atoms with Gasteiger partial charge in [-0.2, -0.15) is 0 Å². The molecule has 0 saturated carbocycles. The first-order chi connectivity index (χ1) is 17.0. The topological polar surface area (TPSA) is 239 Å². The Labute approximate surface area is 201 Å². The molecule has 0 spiro atoms. The lowest BCUT2D eigenvalue weighted by Crippen LogP contribution is -2.38. The highest BCUT2D eigenvalue weighted by molar-refractivity contribution is 5.14. The minimum Gasteiger partial charge on any atom is -0.394 e. The fraction of sp³-hybridized carbons (Fsp3) is 0.600. The standard InChI is InChI=1S/2C10H14N2O6/c1-12-2-4(9(16)11-10(12)17)8-7(15)6(14)5(3-13)18-8;1-17-8-7(15)5(4-13)18-9(8)12-3-2-6(14)11-10(12)16/h2,5-8,13-15H,3H2,1H3,(H,11,16,17);2-3,5,7-9,13,15H,4H2,1H3,(H,11,14,16)/t5-,6-,7-,8+;5-,7-,8-,9-/m11/s1. The molecule has 2 aliphatic rings. The predicted molar refractivity (Wildman–Crippen MR) is 118 cm³/mol. The maximum atomic E-state index is 11.6. The van der Waals surface area contributed by atoms with Crippen LogP contribution in [-0.4, -0.2) is 102 Å². The minimum atomic E-state index is -1.33. The van der Waals surface area contributed by atoms with Gasteiger partial charge in [-0.15, -0.1) is 0 Å². The molecule has 16 nitrogen and oxygen atoms in total. The quantitative estimate of drug-likeness (QED) is 0.198. The van der Waals surface area contributed by atoms with E-state index in [1.54, 1.807) is 0 Å². The smallest absolute Gasteiger partial charge is 0.330 e. The maximum Gasteiger partial charge on any atom is 0.330 e. The summed E-state index contributed by atoms with van der Waals surface area (Å²) in [6, 6.07) is 1.16. The fourth-order valence-corrected chi connectivity index (χ4v) is 3.92. The molecule has 0 unspecified atom stereocenters. The van der Waals surface area contributed by atoms with Gasteiger partial charge in [0.05, 0.1) is 18.8 Å². The van der Waals surface area contributed by atoms with E-state index in [-0.39, 0.29) is 5.56 Å². The summed E-state index contributed by atoms with van der Waals surface area (Å²) in [5.41, 5.74) is -2.44. The highest BCUT2D eigenvalue weighted by Crippen LogP contribution is 2.31. The van der Waals surface area contributed by atoms with Crippen molar-refractivity contribution in [2.75, 3.05) is 20.3 Å². The lowest BCUT2D eigenvalue weighted by molar-refractivity contribution is -0.0625. The summed E-state index contributed by atoms with van der Waals surface area (Å²) in [6.07, 6.45) is -5.74. The van der Waals surface area contributed by atoms with Crippen LogP contribution in [0.1, 0.15) is 17.9 Å². The molecule has 0 bridgehead atoms. The fourth-order valence-electron chi connectivity index (χ4n) is 3.92. The van der Waals surface area contributed by atoms with Gasteiger partial charge in [0.15, 0.2) is 6.23 Å². The number of methoxy groups -OCH3 is 1. The zero-order chi connectivity index (χ0) is 26.7. The Kier molecular flexibility index (Phi) is 8.75. The van der Waals surface area contributed by atoms with Crippen molar-refractivity contribution in [3.8, 4) is 0 Å². The summed E-state index contributed by atoms with van der Waals surface area (Å²) in [5, 5.41) is 47.2. The molecule has 2 aromatic heterocycles. The Morgan fingerprint density at radius 3 is 2.14 bits per heavy atom. The summed E-state index contributed by atoms with van der Waals surface area (Å²) in [5.74, 6) is 0. The molecule has 0 radical (unpaired) electrons. The number of rotatable bonds is 5. The Morgan fingerprint density at radius 1 is 0.944 bits per heavy atom. The Balaban J connectivity index is 0.000000201. The number of ether oxygens (including phenoxy) is 3. The number of aliphatic hydroxyl groups excluding tert-OH is 5. The van der Waals surface area contributed by atoms with Gasteiger partial charge in [0, 0.05) is 32.6 Å². The second-order valence-electron chi connectivity index (χ2n) is 8.17. The molecule has 2 aromatic rings. The molecule has 4 heterocycles. The average molecular weight is 516 g/mol. The normalized spacial score (nSPS) is 31.8. The Hall–Kier alpha value is -2.96. The highest BCUT2D eigenvalue weighted by atomic mass is 16.6. The number of aliphatic hydroxyl groups is 5. The van der Waals surface area contributed by atoms with Crippen molar-refractivity contribution in [2.45, 2.75) is 49.0 Å². The van der Waals surface area contributed by atoms with Gasteiger partial charge >= 0.3 is 11.4 Å². The van der Waals surface area contributed by atoms with Crippen molar-refractivity contribution >= 4 is 0 Å². The van der Waals surface area contributed by atoms with Crippen molar-refractivity contribution in [1.29, 1.82) is 0 Å². The predicted octanol–water partition coefficient (Wildman–Crippen LogP) is -4.97. The van der Waals surface area contributed by atoms with Crippen molar-refractivity contribution in [2.24, 2.45) is 7.05 Å². The van der Waals surface area contributed by atoms with Crippen LogP contribution in [0, 0.1) is 0 Å². The van der Waals surface area contributed by atoms with Gasteiger partial charge in [-0.3, -0.25) is 24.1 Å². The third-order valence-corrected chi connectivity index (χ3v) is 5.87. The van der Waals surface area contributed by atoms with Crippen LogP contribution < -0.4 is 22.5 Å². The van der Waals surface area contributed by atoms with Crippen molar-refractivity contribution in [3.63, 3.8) is 0 Å². The lowest BCUT2D eigenvalue weighted by Gasteiger charge is -2.19. The summed E-state index contributed by atoms with van der Waals surface area (Å²) in [7, 11) is 2.80. The first kappa shape index (κ1) is 27.6. The summed E-state index contributed by atoms with van der Waals surface area (Å²) in [4.78, 5) is 49.5. The van der Waals surface area contributed by atoms with Crippen LogP contribution in [0.3, 0.4) is 0 Å². The zero-order valence-corrected chi connectivity index (χ0v) is 19.3. The largest absolute Gasteiger partial charge is 0.394 e. The van der Waals surface area contributed by atoms with Gasteiger partial charge in [-0.05, 0) is 0 Å². The summed E-state index contributed by atoms with van der Waals surface area (Å²) < 4.78 is 17.9. The van der Waals surface area contributed by atoms with Crippen molar-refractivity contribution in [3.05, 3.63) is 65.7 Å². The average Bonchev–Trinajstić information content (AvgIpc) is 3.31. The molecule has 2 fully saturated rings. The molecule has 7 N–H and O–H groups in total. The van der Waals surface area contributed by atoms with E-state index in [9.17, 15) is 34.5 Å². The lowest BCUT2D eigenvalue weighted by atomic mass is 10.0. The van der Waals surface area contributed by atoms with Crippen molar-refractivity contribution in [1.82, 2.24) is 19.1 Å². The molecule has 4 rings (SSSR count). The first-order valence-electron chi connectivity index (χ1n) is 10.7. The molecule has 8 atom stereocenters. The molecular weight excluding hydrogens is 488 g/mol. The molecule has 0 aliphatic carbocycles. The summed E-state index contributed by atoms with van der Waals surface area (Å²) >= 11 is 0. The molecule has 2 saturated heterocycles. The van der Waals surface area contributed by atoms with Gasteiger partial charge in [0.25, 0.3) is 11.1 Å². The second kappa shape index (κ2) is 11.4. The highest BCUT2D eigenvalue weighted by Gasteiger charge is 2.45. The molecule has 0 amide bonds. The van der Waals surface area contributed by atoms with Crippen LogP contribution in [-0.2, 0) is 21.3 Å². The van der Waals surface area contributed by atoms with Crippen molar-refractivity contribution < 1.29 is 39.7 Å². The van der Waals surface area contributed by atoms with E-state index in [2.05, 4.69) is 9.97 Å². The van der Waals surface area contributed by atoms with Crippen LogP contribution in [0.2, 0.25) is 0 Å². The third-order valence-electron chi connectivity index (χ3n) is 5.87. The van der Waals surface area contributed by atoms with E-state index in [1.165, 1.54) is 26.6 Å². The minimum absolute atomic E-state index is 0.0274. The number of aryl methyl sites for hydroxylation is 1. The monoisotopic (exact) mass is 516 g/mol. The SMILES string of the molecule is CO[C@@H]1[C@H](O)[C@@H](CO)O[C@H]1n1ccc(=O)[nH]c1=O.Cn1cc([C@@H]2O[C@H](CO)[C@@H](O)[C@H]2O)c(=O)[nH]c1=O. The number of nitrogens with one attached hydrogen (secondary N) is 2. The number of hydrogen-bond donors (Lipinski definition) is 7. The molecule has 2 aliphatic heterocycles. The maximum absolute atomic E-state index is 11.6. The van der Waals surface area contributed by atoms with E-state index in [1.807, 2.05) is 0 Å². The number of nitrogens with zero attached hydrogens (tertiary/aromatic N) is 2. The van der Waals surface area contributed by atoms with Gasteiger partial charge in [-0.1, -0.05) is 0 Å². The number of hydrogen-bond acceptors (Lipinski definition) is 12. The van der Waals surface area contributed by atoms with Gasteiger partial charge in [0.2, 0.25) is 0 Å². The number of aromatic nitrogens is 4. The molecule has 200 valence electrons. The van der Waals surface area contributed by atoms with Gasteiger partial charge in [-0.25, -0.2) is 9.59 Å². The van der Waals surface area contributed by atoms with Crippen LogP contribution in [0.25, 0.3) is 0 Å². The van der Waals surface area contributed by atoms with E-state index in [0.29, 0.717) is 0 Å². The van der Waals surface area contributed by atoms with Crippen LogP contribution in [0.15, 0.2) is 37.6 Å². The third kappa shape index (κ3) is 5.40. The Morgan fingerprint density at radius 2 is 1.58 bits per heavy atom. The first-order valence-corrected chi connectivity index (χ1v) is 10.7. The second-order valence-corrected chi connectivity index (χ2v) is 8.17. The van der Waals surface area contributed by atoms with Crippen LogP contribution >= 0.6 is 0 Å². The van der Waals surface area contributed by atoms with E-state index in [4.69, 9.17) is 24.4 Å². The molecule has 36 heavy (non-hydrogen) atoms. The molecule has 16 heteroatoms. The van der Waals surface area contributed by atoms with E-state index in [0.717, 1.165) is 15.2 Å². The van der Waals surface area contributed by atoms with Gasteiger partial charge < -0.3 is 44.3 Å². The van der Waals surface area contributed by atoms with Gasteiger partial charge in [0.1, 0.15) is 42.7 Å². The summed E-state index contributed by atoms with van der Waals surface area (Å²) in [6.45, 7) is -0.867.